The number of para-hydroxylation sites is 1. The standard InChI is InChI=1S/C18H13N3O3/c22-17(14-9-12-5-1-2-7-15(12)24-18(14)23)20-11-16-19-10-13-6-3-4-8-21(13)16/h1-10H,11H2,(H,20,22). The van der Waals surface area contributed by atoms with E-state index >= 15 is 0 Å². The highest BCUT2D eigenvalue weighted by molar-refractivity contribution is 5.96. The number of carbonyl (C=O) groups excluding carboxylic acids is 1. The first kappa shape index (κ1) is 14.2. The minimum absolute atomic E-state index is 0.0189. The van der Waals surface area contributed by atoms with E-state index in [-0.39, 0.29) is 12.1 Å². The van der Waals surface area contributed by atoms with Crippen LogP contribution in [0, 0.1) is 0 Å². The van der Waals surface area contributed by atoms with Gasteiger partial charge < -0.3 is 14.1 Å². The van der Waals surface area contributed by atoms with Gasteiger partial charge in [0.1, 0.15) is 17.0 Å². The third-order valence-corrected chi connectivity index (χ3v) is 3.81. The maximum Gasteiger partial charge on any atom is 0.349 e. The molecule has 3 aromatic heterocycles. The molecular weight excluding hydrogens is 306 g/mol. The summed E-state index contributed by atoms with van der Waals surface area (Å²) in [5, 5.41) is 3.42. The Kier molecular flexibility index (Phi) is 3.35. The number of imidazole rings is 1. The van der Waals surface area contributed by atoms with Gasteiger partial charge in [0.25, 0.3) is 5.91 Å². The van der Waals surface area contributed by atoms with Gasteiger partial charge in [-0.1, -0.05) is 24.3 Å². The van der Waals surface area contributed by atoms with Gasteiger partial charge >= 0.3 is 5.63 Å². The molecule has 0 aliphatic heterocycles. The first-order chi connectivity index (χ1) is 11.7. The molecule has 0 radical (unpaired) electrons. The lowest BCUT2D eigenvalue weighted by Gasteiger charge is -2.05. The van der Waals surface area contributed by atoms with E-state index in [2.05, 4.69) is 10.3 Å². The van der Waals surface area contributed by atoms with E-state index in [1.807, 2.05) is 34.9 Å². The number of pyridine rings is 1. The number of benzene rings is 1. The molecular formula is C18H13N3O3. The fourth-order valence-electron chi connectivity index (χ4n) is 2.61. The Hall–Kier alpha value is -3.41. The van der Waals surface area contributed by atoms with E-state index in [0.717, 1.165) is 5.52 Å². The third kappa shape index (κ3) is 2.44. The molecule has 1 N–H and O–H groups in total. The van der Waals surface area contributed by atoms with Gasteiger partial charge in [-0.05, 0) is 24.3 Å². The van der Waals surface area contributed by atoms with Crippen LogP contribution in [-0.2, 0) is 6.54 Å². The Morgan fingerprint density at radius 3 is 2.92 bits per heavy atom. The topological polar surface area (TPSA) is 76.6 Å². The minimum Gasteiger partial charge on any atom is -0.422 e. The molecule has 0 fully saturated rings. The Balaban J connectivity index is 1.60. The molecule has 0 atom stereocenters. The Bertz CT molecular complexity index is 1110. The van der Waals surface area contributed by atoms with Gasteiger partial charge in [-0.25, -0.2) is 9.78 Å². The van der Waals surface area contributed by atoms with Crippen molar-refractivity contribution in [3.05, 3.63) is 82.7 Å². The lowest BCUT2D eigenvalue weighted by atomic mass is 10.2. The van der Waals surface area contributed by atoms with Gasteiger partial charge in [0.15, 0.2) is 0 Å². The van der Waals surface area contributed by atoms with Crippen LogP contribution < -0.4 is 10.9 Å². The molecule has 0 aliphatic carbocycles. The van der Waals surface area contributed by atoms with E-state index < -0.39 is 11.5 Å². The van der Waals surface area contributed by atoms with Crippen molar-refractivity contribution in [1.29, 1.82) is 0 Å². The second-order valence-electron chi connectivity index (χ2n) is 5.34. The predicted molar refractivity (Wildman–Crippen MR) is 88.8 cm³/mol. The van der Waals surface area contributed by atoms with Crippen molar-refractivity contribution in [3.8, 4) is 0 Å². The van der Waals surface area contributed by atoms with Gasteiger partial charge in [0, 0.05) is 11.6 Å². The van der Waals surface area contributed by atoms with Gasteiger partial charge in [-0.3, -0.25) is 4.79 Å². The molecule has 4 rings (SSSR count). The van der Waals surface area contributed by atoms with Crippen molar-refractivity contribution in [3.63, 3.8) is 0 Å². The molecule has 0 unspecified atom stereocenters. The molecule has 0 saturated heterocycles. The number of amides is 1. The molecule has 0 bridgehead atoms. The Morgan fingerprint density at radius 1 is 1.17 bits per heavy atom. The number of hydrogen-bond donors (Lipinski definition) is 1. The first-order valence-corrected chi connectivity index (χ1v) is 7.44. The maximum atomic E-state index is 12.3. The number of nitrogens with zero attached hydrogens (tertiary/aromatic N) is 2. The fraction of sp³-hybridized carbons (Fsp3) is 0.0556. The molecule has 6 heteroatoms. The Labute approximate surface area is 136 Å². The summed E-state index contributed by atoms with van der Waals surface area (Å²) < 4.78 is 7.06. The van der Waals surface area contributed by atoms with Crippen LogP contribution in [0.25, 0.3) is 16.5 Å². The molecule has 4 aromatic rings. The summed E-state index contributed by atoms with van der Waals surface area (Å²) in [6.45, 7) is 0.212. The van der Waals surface area contributed by atoms with Crippen molar-refractivity contribution >= 4 is 22.4 Å². The SMILES string of the molecule is O=C(NCc1ncc2ccccn12)c1cc2ccccc2oc1=O. The van der Waals surface area contributed by atoms with E-state index in [9.17, 15) is 9.59 Å². The molecule has 0 aliphatic rings. The summed E-state index contributed by atoms with van der Waals surface area (Å²) in [5.41, 5.74) is 0.721. The number of nitrogens with one attached hydrogen (secondary N) is 1. The molecule has 0 saturated carbocycles. The lowest BCUT2D eigenvalue weighted by molar-refractivity contribution is 0.0946. The summed E-state index contributed by atoms with van der Waals surface area (Å²) >= 11 is 0. The van der Waals surface area contributed by atoms with Gasteiger partial charge in [0.2, 0.25) is 0 Å². The zero-order valence-corrected chi connectivity index (χ0v) is 12.6. The highest BCUT2D eigenvalue weighted by Gasteiger charge is 2.14. The van der Waals surface area contributed by atoms with Crippen molar-refractivity contribution < 1.29 is 9.21 Å². The highest BCUT2D eigenvalue weighted by Crippen LogP contribution is 2.12. The first-order valence-electron chi connectivity index (χ1n) is 7.44. The summed E-state index contributed by atoms with van der Waals surface area (Å²) in [5.74, 6) is 0.200. The van der Waals surface area contributed by atoms with Crippen molar-refractivity contribution in [1.82, 2.24) is 14.7 Å². The summed E-state index contributed by atoms with van der Waals surface area (Å²) in [4.78, 5) is 28.6. The summed E-state index contributed by atoms with van der Waals surface area (Å²) in [7, 11) is 0. The largest absolute Gasteiger partial charge is 0.422 e. The smallest absolute Gasteiger partial charge is 0.349 e. The summed E-state index contributed by atoms with van der Waals surface area (Å²) in [6, 6.07) is 14.3. The molecule has 0 spiro atoms. The highest BCUT2D eigenvalue weighted by atomic mass is 16.4. The van der Waals surface area contributed by atoms with Crippen molar-refractivity contribution in [2.24, 2.45) is 0 Å². The summed E-state index contributed by atoms with van der Waals surface area (Å²) in [6.07, 6.45) is 3.60. The van der Waals surface area contributed by atoms with Crippen molar-refractivity contribution in [2.75, 3.05) is 0 Å². The van der Waals surface area contributed by atoms with Crippen LogP contribution in [0.5, 0.6) is 0 Å². The number of hydrogen-bond acceptors (Lipinski definition) is 4. The number of carbonyl (C=O) groups is 1. The van der Waals surface area contributed by atoms with Crippen LogP contribution in [0.4, 0.5) is 0 Å². The van der Waals surface area contributed by atoms with Crippen LogP contribution >= 0.6 is 0 Å². The van der Waals surface area contributed by atoms with E-state index in [0.29, 0.717) is 16.8 Å². The molecule has 6 nitrogen and oxygen atoms in total. The van der Waals surface area contributed by atoms with E-state index in [1.54, 1.807) is 30.5 Å². The van der Waals surface area contributed by atoms with Crippen LogP contribution in [0.15, 0.2) is 70.1 Å². The maximum absolute atomic E-state index is 12.3. The number of rotatable bonds is 3. The van der Waals surface area contributed by atoms with Gasteiger partial charge in [-0.15, -0.1) is 0 Å². The normalized spacial score (nSPS) is 11.0. The fourth-order valence-corrected chi connectivity index (χ4v) is 2.61. The van der Waals surface area contributed by atoms with Gasteiger partial charge in [0.05, 0.1) is 18.3 Å². The molecule has 1 aromatic carbocycles. The zero-order chi connectivity index (χ0) is 16.5. The van der Waals surface area contributed by atoms with Gasteiger partial charge in [-0.2, -0.15) is 0 Å². The molecule has 3 heterocycles. The van der Waals surface area contributed by atoms with E-state index in [1.165, 1.54) is 0 Å². The van der Waals surface area contributed by atoms with Crippen LogP contribution in [0.1, 0.15) is 16.2 Å². The van der Waals surface area contributed by atoms with E-state index in [4.69, 9.17) is 4.42 Å². The average molecular weight is 319 g/mol. The third-order valence-electron chi connectivity index (χ3n) is 3.81. The monoisotopic (exact) mass is 319 g/mol. The van der Waals surface area contributed by atoms with Crippen LogP contribution in [0.3, 0.4) is 0 Å². The second-order valence-corrected chi connectivity index (χ2v) is 5.34. The zero-order valence-electron chi connectivity index (χ0n) is 12.6. The van der Waals surface area contributed by atoms with Crippen LogP contribution in [0.2, 0.25) is 0 Å². The quantitative estimate of drug-likeness (QED) is 0.588. The average Bonchev–Trinajstić information content (AvgIpc) is 3.02. The number of fused-ring (bicyclic) bond motifs is 2. The number of aromatic nitrogens is 2. The van der Waals surface area contributed by atoms with Crippen molar-refractivity contribution in [2.45, 2.75) is 6.54 Å². The lowest BCUT2D eigenvalue weighted by Crippen LogP contribution is -2.28. The predicted octanol–water partition coefficient (Wildman–Crippen LogP) is 2.37. The molecule has 118 valence electrons. The molecule has 24 heavy (non-hydrogen) atoms. The molecule has 1 amide bonds. The van der Waals surface area contributed by atoms with Crippen LogP contribution in [-0.4, -0.2) is 15.3 Å². The minimum atomic E-state index is -0.654. The Morgan fingerprint density at radius 2 is 2.00 bits per heavy atom. The second kappa shape index (κ2) is 5.66.